The highest BCUT2D eigenvalue weighted by Crippen LogP contribution is 2.35. The van der Waals surface area contributed by atoms with Crippen molar-refractivity contribution in [2.75, 3.05) is 20.2 Å². The lowest BCUT2D eigenvalue weighted by atomic mass is 10.0. The smallest absolute Gasteiger partial charge is 0.254 e. The first-order chi connectivity index (χ1) is 14.5. The van der Waals surface area contributed by atoms with Crippen LogP contribution in [0.3, 0.4) is 0 Å². The van der Waals surface area contributed by atoms with Crippen LogP contribution >= 0.6 is 0 Å². The molecule has 1 saturated carbocycles. The second-order valence-corrected chi connectivity index (χ2v) is 8.68. The van der Waals surface area contributed by atoms with Gasteiger partial charge in [-0.05, 0) is 55.9 Å². The fourth-order valence-electron chi connectivity index (χ4n) is 4.55. The van der Waals surface area contributed by atoms with Gasteiger partial charge in [0.15, 0.2) is 5.82 Å². The summed E-state index contributed by atoms with van der Waals surface area (Å²) in [7, 11) is 3.65. The zero-order chi connectivity index (χ0) is 20.8. The molecule has 1 atom stereocenters. The van der Waals surface area contributed by atoms with Gasteiger partial charge >= 0.3 is 0 Å². The van der Waals surface area contributed by atoms with E-state index >= 15 is 0 Å². The Morgan fingerprint density at radius 1 is 1.30 bits per heavy atom. The molecule has 1 amide bonds. The molecule has 1 saturated heterocycles. The van der Waals surface area contributed by atoms with Crippen LogP contribution in [-0.2, 0) is 13.6 Å². The average molecular weight is 408 g/mol. The molecule has 3 aromatic rings. The van der Waals surface area contributed by atoms with Crippen molar-refractivity contribution in [3.8, 4) is 17.3 Å². The molecule has 158 valence electrons. The molecule has 7 nitrogen and oxygen atoms in total. The summed E-state index contributed by atoms with van der Waals surface area (Å²) in [6, 6.07) is 7.95. The summed E-state index contributed by atoms with van der Waals surface area (Å²) in [5.41, 5.74) is 9.45. The van der Waals surface area contributed by atoms with Crippen molar-refractivity contribution in [3.63, 3.8) is 0 Å². The van der Waals surface area contributed by atoms with E-state index in [0.717, 1.165) is 54.4 Å². The number of likely N-dealkylation sites (tertiary alicyclic amines) is 1. The number of ether oxygens (including phenoxy) is 1. The number of rotatable bonds is 5. The molecule has 2 N–H and O–H groups in total. The van der Waals surface area contributed by atoms with Crippen LogP contribution in [0.2, 0.25) is 0 Å². The highest BCUT2D eigenvalue weighted by atomic mass is 16.5. The second-order valence-electron chi connectivity index (χ2n) is 8.68. The van der Waals surface area contributed by atoms with Crippen molar-refractivity contribution in [3.05, 3.63) is 36.0 Å². The number of aromatic nitrogens is 3. The van der Waals surface area contributed by atoms with Gasteiger partial charge in [0.05, 0.1) is 18.3 Å². The van der Waals surface area contributed by atoms with Crippen LogP contribution in [0.25, 0.3) is 22.6 Å². The van der Waals surface area contributed by atoms with E-state index in [1.807, 2.05) is 24.1 Å². The van der Waals surface area contributed by atoms with Gasteiger partial charge in [-0.25, -0.2) is 4.98 Å². The number of nitrogens with two attached hydrogens (primary N) is 1. The van der Waals surface area contributed by atoms with Crippen molar-refractivity contribution in [2.45, 2.75) is 38.3 Å². The fraction of sp³-hybridized carbons (Fsp3) is 0.478. The van der Waals surface area contributed by atoms with E-state index in [-0.39, 0.29) is 11.9 Å². The third-order valence-electron chi connectivity index (χ3n) is 6.36. The zero-order valence-corrected chi connectivity index (χ0v) is 17.7. The molecule has 30 heavy (non-hydrogen) atoms. The van der Waals surface area contributed by atoms with Crippen LogP contribution in [-0.4, -0.2) is 51.2 Å². The number of benzene rings is 1. The molecular formula is C23H29N5O2. The molecule has 1 aliphatic carbocycles. The Morgan fingerprint density at radius 2 is 2.13 bits per heavy atom. The highest BCUT2D eigenvalue weighted by Gasteiger charge is 2.26. The molecule has 2 aliphatic rings. The number of hydrogen-bond acceptors (Lipinski definition) is 4. The standard InChI is InChI=1S/C23H29N5O2/c1-26-21-18(25-22(26)19-6-4-9-27(19)13-15-7-8-15)11-16(12-20(21)30-2)23(29)28-10-3-5-17(24)14-28/h4,6,9,11-12,15,17H,3,5,7-8,10,13-14,24H2,1-2H3. The largest absolute Gasteiger partial charge is 0.494 e. The van der Waals surface area contributed by atoms with E-state index in [4.69, 9.17) is 15.5 Å². The highest BCUT2D eigenvalue weighted by molar-refractivity contribution is 6.00. The van der Waals surface area contributed by atoms with Gasteiger partial charge in [0.1, 0.15) is 11.3 Å². The first-order valence-electron chi connectivity index (χ1n) is 10.8. The zero-order valence-electron chi connectivity index (χ0n) is 17.7. The quantitative estimate of drug-likeness (QED) is 0.705. The van der Waals surface area contributed by atoms with Crippen molar-refractivity contribution < 1.29 is 9.53 Å². The van der Waals surface area contributed by atoms with Crippen LogP contribution in [0.4, 0.5) is 0 Å². The minimum atomic E-state index is -0.00494. The number of carbonyl (C=O) groups is 1. The maximum Gasteiger partial charge on any atom is 0.254 e. The summed E-state index contributed by atoms with van der Waals surface area (Å²) in [6.07, 6.45) is 6.65. The Bertz CT molecular complexity index is 1090. The minimum Gasteiger partial charge on any atom is -0.494 e. The van der Waals surface area contributed by atoms with Crippen LogP contribution in [0.15, 0.2) is 30.5 Å². The molecule has 2 fully saturated rings. The van der Waals surface area contributed by atoms with Crippen LogP contribution in [0, 0.1) is 5.92 Å². The second kappa shape index (κ2) is 7.47. The molecule has 1 unspecified atom stereocenters. The molecular weight excluding hydrogens is 378 g/mol. The van der Waals surface area contributed by atoms with Crippen LogP contribution < -0.4 is 10.5 Å². The monoisotopic (exact) mass is 407 g/mol. The number of carbonyl (C=O) groups excluding carboxylic acids is 1. The molecule has 5 rings (SSSR count). The minimum absolute atomic E-state index is 0.00494. The lowest BCUT2D eigenvalue weighted by molar-refractivity contribution is 0.0708. The third-order valence-corrected chi connectivity index (χ3v) is 6.36. The van der Waals surface area contributed by atoms with E-state index in [9.17, 15) is 4.79 Å². The summed E-state index contributed by atoms with van der Waals surface area (Å²) in [5, 5.41) is 0. The van der Waals surface area contributed by atoms with E-state index in [1.54, 1.807) is 7.11 Å². The van der Waals surface area contributed by atoms with Gasteiger partial charge < -0.3 is 24.5 Å². The summed E-state index contributed by atoms with van der Waals surface area (Å²) in [5.74, 6) is 2.33. The molecule has 2 aromatic heterocycles. The Balaban J connectivity index is 1.55. The number of imidazole rings is 1. The summed E-state index contributed by atoms with van der Waals surface area (Å²) in [6.45, 7) is 2.37. The number of aryl methyl sites for hydroxylation is 1. The lowest BCUT2D eigenvalue weighted by Gasteiger charge is -2.30. The first-order valence-corrected chi connectivity index (χ1v) is 10.8. The molecule has 0 radical (unpaired) electrons. The Kier molecular flexibility index (Phi) is 4.77. The fourth-order valence-corrected chi connectivity index (χ4v) is 4.55. The van der Waals surface area contributed by atoms with Crippen molar-refractivity contribution in [1.82, 2.24) is 19.0 Å². The average Bonchev–Trinajstić information content (AvgIpc) is 3.35. The van der Waals surface area contributed by atoms with E-state index in [2.05, 4.69) is 27.5 Å². The lowest BCUT2D eigenvalue weighted by Crippen LogP contribution is -2.45. The Hall–Kier alpha value is -2.80. The Morgan fingerprint density at radius 3 is 2.87 bits per heavy atom. The molecule has 7 heteroatoms. The predicted molar refractivity (Wildman–Crippen MR) is 117 cm³/mol. The SMILES string of the molecule is COc1cc(C(=O)N2CCCC(N)C2)cc2nc(-c3cccn3CC3CC3)n(C)c12. The summed E-state index contributed by atoms with van der Waals surface area (Å²) in [4.78, 5) is 19.9. The van der Waals surface area contributed by atoms with Crippen LogP contribution in [0.5, 0.6) is 5.75 Å². The van der Waals surface area contributed by atoms with Gasteiger partial charge in [-0.3, -0.25) is 4.79 Å². The van der Waals surface area contributed by atoms with Gasteiger partial charge in [0, 0.05) is 44.5 Å². The maximum atomic E-state index is 13.1. The normalized spacial score (nSPS) is 19.4. The topological polar surface area (TPSA) is 78.3 Å². The number of hydrogen-bond donors (Lipinski definition) is 1. The van der Waals surface area contributed by atoms with Gasteiger partial charge in [0.25, 0.3) is 5.91 Å². The maximum absolute atomic E-state index is 13.1. The summed E-state index contributed by atoms with van der Waals surface area (Å²) < 4.78 is 10.0. The number of nitrogens with zero attached hydrogens (tertiary/aromatic N) is 4. The van der Waals surface area contributed by atoms with E-state index < -0.39 is 0 Å². The summed E-state index contributed by atoms with van der Waals surface area (Å²) >= 11 is 0. The first kappa shape index (κ1) is 19.2. The van der Waals surface area contributed by atoms with E-state index in [1.165, 1.54) is 12.8 Å². The number of methoxy groups -OCH3 is 1. The van der Waals surface area contributed by atoms with Gasteiger partial charge in [-0.2, -0.15) is 0 Å². The van der Waals surface area contributed by atoms with Crippen molar-refractivity contribution in [2.24, 2.45) is 18.7 Å². The molecule has 0 bridgehead atoms. The number of fused-ring (bicyclic) bond motifs is 1. The number of piperidine rings is 1. The van der Waals surface area contributed by atoms with Gasteiger partial charge in [-0.15, -0.1) is 0 Å². The van der Waals surface area contributed by atoms with Gasteiger partial charge in [-0.1, -0.05) is 0 Å². The molecule has 1 aliphatic heterocycles. The van der Waals surface area contributed by atoms with E-state index in [0.29, 0.717) is 17.9 Å². The van der Waals surface area contributed by atoms with Gasteiger partial charge in [0.2, 0.25) is 0 Å². The predicted octanol–water partition coefficient (Wildman–Crippen LogP) is 3.02. The molecule has 0 spiro atoms. The molecule has 1 aromatic carbocycles. The number of amides is 1. The van der Waals surface area contributed by atoms with Crippen molar-refractivity contribution >= 4 is 16.9 Å². The Labute approximate surface area is 176 Å². The van der Waals surface area contributed by atoms with Crippen molar-refractivity contribution in [1.29, 1.82) is 0 Å². The third kappa shape index (κ3) is 3.37. The van der Waals surface area contributed by atoms with Crippen LogP contribution in [0.1, 0.15) is 36.0 Å². The molecule has 3 heterocycles.